The van der Waals surface area contributed by atoms with Crippen molar-refractivity contribution in [2.45, 2.75) is 39.2 Å². The van der Waals surface area contributed by atoms with E-state index >= 15 is 0 Å². The molecule has 0 spiro atoms. The van der Waals surface area contributed by atoms with Crippen molar-refractivity contribution in [3.8, 4) is 17.2 Å². The normalized spacial score (nSPS) is 10.9. The molecule has 0 bridgehead atoms. The summed E-state index contributed by atoms with van der Waals surface area (Å²) >= 11 is 0. The summed E-state index contributed by atoms with van der Waals surface area (Å²) in [6, 6.07) is 9.06. The first-order valence-corrected chi connectivity index (χ1v) is 12.0. The lowest BCUT2D eigenvalue weighted by Gasteiger charge is -2.15. The lowest BCUT2D eigenvalue weighted by Crippen LogP contribution is -2.10. The van der Waals surface area contributed by atoms with E-state index in [2.05, 4.69) is 0 Å². The van der Waals surface area contributed by atoms with Gasteiger partial charge in [0.15, 0.2) is 23.1 Å². The number of benzene rings is 2. The van der Waals surface area contributed by atoms with E-state index in [1.165, 1.54) is 0 Å². The van der Waals surface area contributed by atoms with Crippen LogP contribution in [-0.4, -0.2) is 44.4 Å². The number of nitrogens with one attached hydrogen (secondary N) is 1. The molecule has 11 heteroatoms. The second-order valence-corrected chi connectivity index (χ2v) is 8.77. The van der Waals surface area contributed by atoms with E-state index in [1.54, 1.807) is 38.1 Å². The van der Waals surface area contributed by atoms with Gasteiger partial charge in [0.1, 0.15) is 11.6 Å². The maximum atomic E-state index is 13.5. The topological polar surface area (TPSA) is 132 Å². The monoisotopic (exact) mass is 488 g/mol. The molecule has 0 fully saturated rings. The molecule has 0 amide bonds. The average Bonchev–Trinajstić information content (AvgIpc) is 2.69. The Hall–Kier alpha value is -2.92. The van der Waals surface area contributed by atoms with Gasteiger partial charge in [0, 0.05) is 17.7 Å². The number of amidine groups is 1. The molecule has 33 heavy (non-hydrogen) atoms. The van der Waals surface area contributed by atoms with Gasteiger partial charge in [-0.25, -0.2) is 8.78 Å². The van der Waals surface area contributed by atoms with E-state index < -0.39 is 21.8 Å². The first-order valence-electron chi connectivity index (χ1n) is 10.1. The summed E-state index contributed by atoms with van der Waals surface area (Å²) in [5.41, 5.74) is 6.06. The molecule has 0 aromatic heterocycles. The minimum Gasteiger partial charge on any atom is -0.494 e. The molecule has 0 saturated heterocycles. The highest BCUT2D eigenvalue weighted by atomic mass is 32.2. The molecular weight excluding hydrogens is 458 g/mol. The van der Waals surface area contributed by atoms with E-state index in [9.17, 15) is 17.2 Å². The molecule has 0 unspecified atom stereocenters. The van der Waals surface area contributed by atoms with Crippen molar-refractivity contribution in [3.63, 3.8) is 0 Å². The second kappa shape index (κ2) is 13.6. The molecule has 0 saturated carbocycles. The Morgan fingerprint density at radius 3 is 1.97 bits per heavy atom. The van der Waals surface area contributed by atoms with Gasteiger partial charge >= 0.3 is 0 Å². The number of nitrogen functional groups attached to an aromatic ring is 1. The third kappa shape index (κ3) is 12.6. The first-order chi connectivity index (χ1) is 15.4. The van der Waals surface area contributed by atoms with Gasteiger partial charge in [-0.3, -0.25) is 9.96 Å². The zero-order valence-corrected chi connectivity index (χ0v) is 19.6. The van der Waals surface area contributed by atoms with Crippen LogP contribution >= 0.6 is 0 Å². The van der Waals surface area contributed by atoms with E-state index in [0.717, 1.165) is 37.1 Å². The molecule has 0 aliphatic rings. The fraction of sp³-hybridized carbons (Fsp3) is 0.409. The summed E-state index contributed by atoms with van der Waals surface area (Å²) in [5.74, 6) is -0.777. The van der Waals surface area contributed by atoms with Gasteiger partial charge in [0.05, 0.1) is 25.6 Å². The van der Waals surface area contributed by atoms with Gasteiger partial charge < -0.3 is 19.9 Å². The summed E-state index contributed by atoms with van der Waals surface area (Å²) < 4.78 is 69.4. The Morgan fingerprint density at radius 2 is 1.48 bits per heavy atom. The molecule has 0 aliphatic carbocycles. The Labute approximate surface area is 192 Å². The number of nitrogens with two attached hydrogens (primary N) is 1. The smallest absolute Gasteiger partial charge is 0.261 e. The SMILES string of the molecule is CC(C)Oc1cc(F)c(F)cc1OCCCCCOc1ccc(C(=N)N)cc1.CS(=O)(=O)O. The number of unbranched alkanes of at least 4 members (excludes halogenated alkanes) is 2. The lowest BCUT2D eigenvalue weighted by atomic mass is 10.2. The van der Waals surface area contributed by atoms with Crippen LogP contribution in [0.3, 0.4) is 0 Å². The van der Waals surface area contributed by atoms with E-state index in [1.807, 2.05) is 0 Å². The minimum absolute atomic E-state index is 0.0227. The molecule has 2 aromatic rings. The van der Waals surface area contributed by atoms with Crippen LogP contribution in [0.1, 0.15) is 38.7 Å². The third-order valence-electron chi connectivity index (χ3n) is 3.83. The molecule has 0 heterocycles. The molecule has 2 aromatic carbocycles. The van der Waals surface area contributed by atoms with Crippen LogP contribution in [0.5, 0.6) is 17.2 Å². The van der Waals surface area contributed by atoms with Crippen molar-refractivity contribution in [1.29, 1.82) is 5.41 Å². The molecule has 8 nitrogen and oxygen atoms in total. The summed E-state index contributed by atoms with van der Waals surface area (Å²) in [7, 11) is -3.67. The summed E-state index contributed by atoms with van der Waals surface area (Å²) in [4.78, 5) is 0. The standard InChI is InChI=1S/C21H26F2N2O3.CH4O3S/c1-14(2)28-20-13-18(23)17(22)12-19(20)27-11-5-3-4-10-26-16-8-6-15(7-9-16)21(24)25;1-5(2,3)4/h6-9,12-14H,3-5,10-11H2,1-2H3,(H3,24,25);1H3,(H,2,3,4). The van der Waals surface area contributed by atoms with E-state index in [4.69, 9.17) is 29.9 Å². The van der Waals surface area contributed by atoms with Crippen LogP contribution in [0.2, 0.25) is 0 Å². The van der Waals surface area contributed by atoms with Crippen molar-refractivity contribution in [3.05, 3.63) is 53.6 Å². The van der Waals surface area contributed by atoms with Crippen LogP contribution in [-0.2, 0) is 10.1 Å². The van der Waals surface area contributed by atoms with Gasteiger partial charge in [-0.2, -0.15) is 8.42 Å². The van der Waals surface area contributed by atoms with Crippen LogP contribution in [0.4, 0.5) is 8.78 Å². The van der Waals surface area contributed by atoms with Crippen molar-refractivity contribution < 1.29 is 36.0 Å². The molecule has 0 atom stereocenters. The number of hydrogen-bond donors (Lipinski definition) is 3. The first kappa shape index (κ1) is 28.1. The molecule has 0 aliphatic heterocycles. The van der Waals surface area contributed by atoms with Gasteiger partial charge in [-0.05, 0) is 57.4 Å². The van der Waals surface area contributed by atoms with Crippen LogP contribution < -0.4 is 19.9 Å². The lowest BCUT2D eigenvalue weighted by molar-refractivity contribution is 0.216. The quantitative estimate of drug-likeness (QED) is 0.187. The van der Waals surface area contributed by atoms with Crippen LogP contribution in [0.15, 0.2) is 36.4 Å². The Balaban J connectivity index is 0.000000981. The average molecular weight is 489 g/mol. The van der Waals surface area contributed by atoms with Gasteiger partial charge in [-0.1, -0.05) is 0 Å². The van der Waals surface area contributed by atoms with Crippen molar-refractivity contribution in [2.24, 2.45) is 5.73 Å². The third-order valence-corrected chi connectivity index (χ3v) is 3.83. The van der Waals surface area contributed by atoms with E-state index in [-0.39, 0.29) is 23.4 Å². The van der Waals surface area contributed by atoms with Crippen molar-refractivity contribution in [1.82, 2.24) is 0 Å². The summed E-state index contributed by atoms with van der Waals surface area (Å²) in [6.45, 7) is 4.52. The highest BCUT2D eigenvalue weighted by Crippen LogP contribution is 2.31. The largest absolute Gasteiger partial charge is 0.494 e. The predicted molar refractivity (Wildman–Crippen MR) is 122 cm³/mol. The zero-order chi connectivity index (χ0) is 25.0. The highest BCUT2D eigenvalue weighted by molar-refractivity contribution is 7.85. The Morgan fingerprint density at radius 1 is 1.00 bits per heavy atom. The minimum atomic E-state index is -3.67. The fourth-order valence-corrected chi connectivity index (χ4v) is 2.45. The van der Waals surface area contributed by atoms with Gasteiger partial charge in [0.2, 0.25) is 0 Å². The fourth-order valence-electron chi connectivity index (χ4n) is 2.45. The van der Waals surface area contributed by atoms with Crippen LogP contribution in [0.25, 0.3) is 0 Å². The molecule has 2 rings (SSSR count). The number of ether oxygens (including phenoxy) is 3. The highest BCUT2D eigenvalue weighted by Gasteiger charge is 2.13. The predicted octanol–water partition coefficient (Wildman–Crippen LogP) is 4.17. The maximum Gasteiger partial charge on any atom is 0.261 e. The van der Waals surface area contributed by atoms with E-state index in [0.29, 0.717) is 25.0 Å². The van der Waals surface area contributed by atoms with Crippen molar-refractivity contribution in [2.75, 3.05) is 19.5 Å². The number of halogens is 2. The zero-order valence-electron chi connectivity index (χ0n) is 18.8. The maximum absolute atomic E-state index is 13.5. The number of rotatable bonds is 11. The molecular formula is C22H30F2N2O6S. The summed E-state index contributed by atoms with van der Waals surface area (Å²) in [5, 5.41) is 7.35. The molecule has 184 valence electrons. The van der Waals surface area contributed by atoms with Gasteiger partial charge in [0.25, 0.3) is 10.1 Å². The molecule has 4 N–H and O–H groups in total. The Bertz CT molecular complexity index is 991. The van der Waals surface area contributed by atoms with Gasteiger partial charge in [-0.15, -0.1) is 0 Å². The Kier molecular flexibility index (Phi) is 11.6. The summed E-state index contributed by atoms with van der Waals surface area (Å²) in [6.07, 6.45) is 2.97. The number of hydrogen-bond acceptors (Lipinski definition) is 6. The second-order valence-electron chi connectivity index (χ2n) is 7.31. The van der Waals surface area contributed by atoms with Crippen molar-refractivity contribution >= 4 is 16.0 Å². The molecule has 0 radical (unpaired) electrons. The van der Waals surface area contributed by atoms with Crippen LogP contribution in [0, 0.1) is 17.0 Å².